The lowest BCUT2D eigenvalue weighted by molar-refractivity contribution is -0.138. The van der Waals surface area contributed by atoms with Gasteiger partial charge in [-0.3, -0.25) is 4.79 Å². The van der Waals surface area contributed by atoms with Crippen molar-refractivity contribution in [3.63, 3.8) is 0 Å². The zero-order valence-corrected chi connectivity index (χ0v) is 12.3. The molecule has 1 rings (SSSR count). The lowest BCUT2D eigenvalue weighted by Gasteiger charge is -2.17. The number of nitrogens with one attached hydrogen (secondary N) is 1. The van der Waals surface area contributed by atoms with Gasteiger partial charge in [0.25, 0.3) is 0 Å². The van der Waals surface area contributed by atoms with Crippen molar-refractivity contribution < 1.29 is 9.90 Å². The number of aryl methyl sites for hydroxylation is 1. The third kappa shape index (κ3) is 6.82. The number of carbonyl (C=O) groups is 1. The fraction of sp³-hybridized carbons (Fsp3) is 0.533. The van der Waals surface area contributed by atoms with E-state index in [0.717, 1.165) is 12.1 Å². The van der Waals surface area contributed by atoms with E-state index in [9.17, 15) is 4.79 Å². The summed E-state index contributed by atoms with van der Waals surface area (Å²) in [6.07, 6.45) is 1.22. The van der Waals surface area contributed by atoms with Gasteiger partial charge in [0, 0.05) is 11.7 Å². The maximum Gasteiger partial charge on any atom is 0.320 e. The molecule has 0 aliphatic carbocycles. The van der Waals surface area contributed by atoms with Crippen molar-refractivity contribution >= 4 is 11.7 Å². The first-order valence-corrected chi connectivity index (χ1v) is 6.81. The van der Waals surface area contributed by atoms with Crippen LogP contribution in [-0.4, -0.2) is 23.2 Å². The van der Waals surface area contributed by atoms with Crippen molar-refractivity contribution in [1.29, 1.82) is 0 Å². The van der Waals surface area contributed by atoms with Crippen molar-refractivity contribution in [2.45, 2.75) is 52.6 Å². The lowest BCUT2D eigenvalue weighted by Crippen LogP contribution is -2.31. The molecule has 4 nitrogen and oxygen atoms in total. The molecule has 0 amide bonds. The zero-order valence-electron chi connectivity index (χ0n) is 12.3. The summed E-state index contributed by atoms with van der Waals surface area (Å²) >= 11 is 0. The second-order valence-corrected chi connectivity index (χ2v) is 4.38. The van der Waals surface area contributed by atoms with Crippen molar-refractivity contribution in [2.75, 3.05) is 5.32 Å². The number of carboxylic acids is 1. The Kier molecular flexibility index (Phi) is 8.62. The van der Waals surface area contributed by atoms with Crippen molar-refractivity contribution in [1.82, 2.24) is 0 Å². The van der Waals surface area contributed by atoms with Crippen molar-refractivity contribution in [3.8, 4) is 0 Å². The van der Waals surface area contributed by atoms with Gasteiger partial charge in [0.15, 0.2) is 0 Å². The number of rotatable bonds is 6. The van der Waals surface area contributed by atoms with Gasteiger partial charge < -0.3 is 16.2 Å². The molecule has 0 spiro atoms. The molecule has 19 heavy (non-hydrogen) atoms. The predicted molar refractivity (Wildman–Crippen MR) is 80.5 cm³/mol. The van der Waals surface area contributed by atoms with E-state index in [0.29, 0.717) is 6.42 Å². The van der Waals surface area contributed by atoms with Crippen LogP contribution in [0.4, 0.5) is 5.69 Å². The molecule has 2 atom stereocenters. The Balaban J connectivity index is 0.00000154. The van der Waals surface area contributed by atoms with Gasteiger partial charge in [-0.15, -0.1) is 0 Å². The van der Waals surface area contributed by atoms with Crippen LogP contribution in [0.3, 0.4) is 0 Å². The Morgan fingerprint density at radius 1 is 1.32 bits per heavy atom. The Hall–Kier alpha value is -1.55. The predicted octanol–water partition coefficient (Wildman–Crippen LogP) is 3.01. The summed E-state index contributed by atoms with van der Waals surface area (Å²) in [7, 11) is 0. The van der Waals surface area contributed by atoms with Crippen molar-refractivity contribution in [3.05, 3.63) is 29.8 Å². The molecule has 0 heterocycles. The van der Waals surface area contributed by atoms with Gasteiger partial charge in [0.05, 0.1) is 0 Å². The van der Waals surface area contributed by atoms with Gasteiger partial charge >= 0.3 is 5.97 Å². The van der Waals surface area contributed by atoms with Crippen LogP contribution in [0.5, 0.6) is 0 Å². The molecule has 1 aromatic carbocycles. The summed E-state index contributed by atoms with van der Waals surface area (Å²) in [5.74, 6) is -0.937. The molecular formula is C15H26N2O2. The van der Waals surface area contributed by atoms with E-state index in [1.54, 1.807) is 0 Å². The maximum absolute atomic E-state index is 10.6. The fourth-order valence-electron chi connectivity index (χ4n) is 1.63. The van der Waals surface area contributed by atoms with Gasteiger partial charge in [-0.05, 0) is 38.3 Å². The van der Waals surface area contributed by atoms with E-state index < -0.39 is 12.0 Å². The molecule has 0 radical (unpaired) electrons. The van der Waals surface area contributed by atoms with Gasteiger partial charge in [-0.2, -0.15) is 0 Å². The highest BCUT2D eigenvalue weighted by molar-refractivity contribution is 5.72. The first-order chi connectivity index (χ1) is 9.00. The Labute approximate surface area is 116 Å². The quantitative estimate of drug-likeness (QED) is 0.740. The monoisotopic (exact) mass is 266 g/mol. The summed E-state index contributed by atoms with van der Waals surface area (Å²) in [5.41, 5.74) is 7.73. The summed E-state index contributed by atoms with van der Waals surface area (Å²) in [6.45, 7) is 8.07. The normalized spacial score (nSPS) is 12.9. The molecule has 2 unspecified atom stereocenters. The van der Waals surface area contributed by atoms with Crippen LogP contribution in [-0.2, 0) is 4.79 Å². The average molecular weight is 266 g/mol. The largest absolute Gasteiger partial charge is 0.480 e. The average Bonchev–Trinajstić information content (AvgIpc) is 2.41. The molecular weight excluding hydrogens is 240 g/mol. The first-order valence-electron chi connectivity index (χ1n) is 6.81. The zero-order chi connectivity index (χ0) is 14.8. The maximum atomic E-state index is 10.6. The van der Waals surface area contributed by atoms with Crippen LogP contribution in [0.1, 0.15) is 39.2 Å². The number of carboxylic acid groups (broad SMARTS) is 1. The van der Waals surface area contributed by atoms with Gasteiger partial charge in [0.1, 0.15) is 6.04 Å². The van der Waals surface area contributed by atoms with Crippen LogP contribution >= 0.6 is 0 Å². The van der Waals surface area contributed by atoms with E-state index in [-0.39, 0.29) is 6.04 Å². The minimum Gasteiger partial charge on any atom is -0.480 e. The number of hydrogen-bond acceptors (Lipinski definition) is 3. The van der Waals surface area contributed by atoms with E-state index in [1.165, 1.54) is 5.56 Å². The van der Waals surface area contributed by atoms with Crippen LogP contribution in [0, 0.1) is 6.92 Å². The fourth-order valence-corrected chi connectivity index (χ4v) is 1.63. The molecule has 0 aliphatic heterocycles. The van der Waals surface area contributed by atoms with E-state index in [1.807, 2.05) is 52.0 Å². The SMILES string of the molecule is CC.Cc1ccccc1NC(C)CCC(N)C(=O)O. The number of hydrogen-bond donors (Lipinski definition) is 3. The van der Waals surface area contributed by atoms with Gasteiger partial charge in [0.2, 0.25) is 0 Å². The minimum atomic E-state index is -0.937. The second kappa shape index (κ2) is 9.39. The van der Waals surface area contributed by atoms with E-state index in [2.05, 4.69) is 5.32 Å². The first kappa shape index (κ1) is 17.4. The highest BCUT2D eigenvalue weighted by atomic mass is 16.4. The van der Waals surface area contributed by atoms with Crippen LogP contribution in [0.2, 0.25) is 0 Å². The van der Waals surface area contributed by atoms with E-state index >= 15 is 0 Å². The molecule has 1 aromatic rings. The minimum absolute atomic E-state index is 0.210. The van der Waals surface area contributed by atoms with Crippen LogP contribution in [0.15, 0.2) is 24.3 Å². The Morgan fingerprint density at radius 3 is 2.42 bits per heavy atom. The van der Waals surface area contributed by atoms with Crippen LogP contribution in [0.25, 0.3) is 0 Å². The molecule has 0 saturated heterocycles. The topological polar surface area (TPSA) is 75.3 Å². The molecule has 0 saturated carbocycles. The number of benzene rings is 1. The third-order valence-corrected chi connectivity index (χ3v) is 2.77. The number of nitrogens with two attached hydrogens (primary N) is 1. The Morgan fingerprint density at radius 2 is 1.89 bits per heavy atom. The standard InChI is InChI=1S/C13H20N2O2.C2H6/c1-9-5-3-4-6-12(9)15-10(2)7-8-11(14)13(16)17;1-2/h3-6,10-11,15H,7-8,14H2,1-2H3,(H,16,17);1-2H3. The molecule has 0 bridgehead atoms. The van der Waals surface area contributed by atoms with Crippen molar-refractivity contribution in [2.24, 2.45) is 5.73 Å². The number of aliphatic carboxylic acids is 1. The summed E-state index contributed by atoms with van der Waals surface area (Å²) in [4.78, 5) is 10.6. The molecule has 0 aromatic heterocycles. The van der Waals surface area contributed by atoms with Crippen LogP contribution < -0.4 is 11.1 Å². The Bertz CT molecular complexity index is 380. The highest BCUT2D eigenvalue weighted by Gasteiger charge is 2.13. The summed E-state index contributed by atoms with van der Waals surface area (Å²) in [6, 6.07) is 7.47. The third-order valence-electron chi connectivity index (χ3n) is 2.77. The van der Waals surface area contributed by atoms with Gasteiger partial charge in [-0.25, -0.2) is 0 Å². The highest BCUT2D eigenvalue weighted by Crippen LogP contribution is 2.15. The van der Waals surface area contributed by atoms with E-state index in [4.69, 9.17) is 10.8 Å². The summed E-state index contributed by atoms with van der Waals surface area (Å²) < 4.78 is 0. The smallest absolute Gasteiger partial charge is 0.320 e. The number of anilines is 1. The molecule has 4 N–H and O–H groups in total. The molecule has 108 valence electrons. The molecule has 0 aliphatic rings. The summed E-state index contributed by atoms with van der Waals surface area (Å²) in [5, 5.41) is 12.0. The molecule has 0 fully saturated rings. The molecule has 4 heteroatoms. The van der Waals surface area contributed by atoms with Gasteiger partial charge in [-0.1, -0.05) is 32.0 Å². The second-order valence-electron chi connectivity index (χ2n) is 4.38. The number of para-hydroxylation sites is 1. The lowest BCUT2D eigenvalue weighted by atomic mass is 10.1.